The number of nitrogens with one attached hydrogen (secondary N) is 1. The van der Waals surface area contributed by atoms with E-state index in [4.69, 9.17) is 4.74 Å². The lowest BCUT2D eigenvalue weighted by atomic mass is 9.75. The van der Waals surface area contributed by atoms with E-state index < -0.39 is 0 Å². The summed E-state index contributed by atoms with van der Waals surface area (Å²) in [4.78, 5) is 12.4. The molecular formula is C17H33ClN2O2. The number of carbonyl (C=O) groups is 1. The first-order chi connectivity index (χ1) is 9.89. The zero-order chi connectivity index (χ0) is 15.5. The van der Waals surface area contributed by atoms with Crippen molar-refractivity contribution in [3.05, 3.63) is 0 Å². The van der Waals surface area contributed by atoms with Crippen molar-refractivity contribution in [3.8, 4) is 0 Å². The second kappa shape index (κ2) is 8.51. The molecule has 0 spiro atoms. The molecule has 0 aromatic heterocycles. The van der Waals surface area contributed by atoms with Gasteiger partial charge >= 0.3 is 5.97 Å². The number of halogens is 1. The average Bonchev–Trinajstić information content (AvgIpc) is 2.38. The van der Waals surface area contributed by atoms with Gasteiger partial charge in [-0.25, -0.2) is 4.79 Å². The van der Waals surface area contributed by atoms with Gasteiger partial charge < -0.3 is 26.9 Å². The topological polar surface area (TPSA) is 38.3 Å². The molecule has 0 bridgehead atoms. The SMILES string of the molecule is CC(C)[C@@H]1CC[C@@H](C)C[C@H]1OC(=O)C[N+]1(C)CCNCC1.[Cl-]. The van der Waals surface area contributed by atoms with Crippen LogP contribution in [0.3, 0.4) is 0 Å². The van der Waals surface area contributed by atoms with Crippen LogP contribution in [-0.2, 0) is 9.53 Å². The number of hydrogen-bond acceptors (Lipinski definition) is 3. The number of likely N-dealkylation sites (N-methyl/N-ethyl adjacent to an activating group) is 1. The molecular weight excluding hydrogens is 300 g/mol. The van der Waals surface area contributed by atoms with E-state index in [2.05, 4.69) is 33.1 Å². The van der Waals surface area contributed by atoms with E-state index in [1.54, 1.807) is 0 Å². The van der Waals surface area contributed by atoms with Crippen molar-refractivity contribution in [2.75, 3.05) is 39.8 Å². The van der Waals surface area contributed by atoms with Crippen LogP contribution in [0.15, 0.2) is 0 Å². The van der Waals surface area contributed by atoms with Crippen molar-refractivity contribution in [2.24, 2.45) is 17.8 Å². The molecule has 0 radical (unpaired) electrons. The lowest BCUT2D eigenvalue weighted by Gasteiger charge is -2.39. The van der Waals surface area contributed by atoms with E-state index in [0.717, 1.165) is 37.1 Å². The Balaban J connectivity index is 0.00000242. The molecule has 1 aliphatic heterocycles. The Kier molecular flexibility index (Phi) is 7.63. The summed E-state index contributed by atoms with van der Waals surface area (Å²) in [6.45, 7) is 11.3. The maximum atomic E-state index is 12.4. The van der Waals surface area contributed by atoms with Crippen LogP contribution in [0.4, 0.5) is 0 Å². The molecule has 0 aromatic carbocycles. The van der Waals surface area contributed by atoms with Crippen molar-refractivity contribution in [2.45, 2.75) is 46.1 Å². The molecule has 2 aliphatic rings. The van der Waals surface area contributed by atoms with Crippen LogP contribution in [0.2, 0.25) is 0 Å². The quantitative estimate of drug-likeness (QED) is 0.532. The molecule has 0 unspecified atom stereocenters. The minimum atomic E-state index is 0. The van der Waals surface area contributed by atoms with Gasteiger partial charge in [-0.3, -0.25) is 0 Å². The van der Waals surface area contributed by atoms with Gasteiger partial charge in [-0.2, -0.15) is 0 Å². The van der Waals surface area contributed by atoms with Gasteiger partial charge in [-0.15, -0.1) is 0 Å². The maximum absolute atomic E-state index is 12.4. The third kappa shape index (κ3) is 5.39. The van der Waals surface area contributed by atoms with Gasteiger partial charge in [0, 0.05) is 13.1 Å². The fourth-order valence-electron chi connectivity index (χ4n) is 3.86. The Morgan fingerprint density at radius 2 is 1.91 bits per heavy atom. The highest BCUT2D eigenvalue weighted by molar-refractivity contribution is 5.70. The number of ether oxygens (including phenoxy) is 1. The third-order valence-electron chi connectivity index (χ3n) is 5.41. The highest BCUT2D eigenvalue weighted by atomic mass is 35.5. The molecule has 0 amide bonds. The number of quaternary nitrogens is 1. The van der Waals surface area contributed by atoms with Gasteiger partial charge in [0.05, 0.1) is 20.1 Å². The minimum Gasteiger partial charge on any atom is -1.00 e. The number of nitrogens with zero attached hydrogens (tertiary/aromatic N) is 1. The van der Waals surface area contributed by atoms with Gasteiger partial charge in [0.15, 0.2) is 6.54 Å². The predicted octanol–water partition coefficient (Wildman–Crippen LogP) is -0.956. The predicted molar refractivity (Wildman–Crippen MR) is 84.9 cm³/mol. The summed E-state index contributed by atoms with van der Waals surface area (Å²) >= 11 is 0. The molecule has 3 atom stereocenters. The monoisotopic (exact) mass is 332 g/mol. The summed E-state index contributed by atoms with van der Waals surface area (Å²) in [6.07, 6.45) is 3.65. The number of piperazine rings is 1. The molecule has 1 heterocycles. The second-order valence-corrected chi connectivity index (χ2v) is 7.83. The molecule has 2 rings (SSSR count). The van der Waals surface area contributed by atoms with Gasteiger partial charge in [0.1, 0.15) is 6.10 Å². The van der Waals surface area contributed by atoms with E-state index in [0.29, 0.717) is 24.3 Å². The summed E-state index contributed by atoms with van der Waals surface area (Å²) in [5.74, 6) is 1.82. The van der Waals surface area contributed by atoms with Gasteiger partial charge in [-0.1, -0.05) is 27.2 Å². The summed E-state index contributed by atoms with van der Waals surface area (Å²) < 4.78 is 6.75. The normalized spacial score (nSPS) is 31.4. The molecule has 0 aromatic rings. The maximum Gasteiger partial charge on any atom is 0.362 e. The Hall–Kier alpha value is -0.320. The van der Waals surface area contributed by atoms with E-state index in [1.165, 1.54) is 12.8 Å². The number of carbonyl (C=O) groups excluding carboxylic acids is 1. The standard InChI is InChI=1S/C17H33N2O2.ClH/c1-13(2)15-6-5-14(3)11-16(15)21-17(20)12-19(4)9-7-18-8-10-19;/h13-16,18H,5-12H2,1-4H3;1H/q+1;/p-1/t14-,15+,16-;/m1./s1. The van der Waals surface area contributed by atoms with E-state index in [-0.39, 0.29) is 24.5 Å². The van der Waals surface area contributed by atoms with Crippen molar-refractivity contribution in [1.82, 2.24) is 5.32 Å². The summed E-state index contributed by atoms with van der Waals surface area (Å²) in [5.41, 5.74) is 0. The minimum absolute atomic E-state index is 0. The number of rotatable bonds is 4. The Morgan fingerprint density at radius 1 is 1.27 bits per heavy atom. The van der Waals surface area contributed by atoms with Crippen molar-refractivity contribution in [3.63, 3.8) is 0 Å². The van der Waals surface area contributed by atoms with Gasteiger partial charge in [0.25, 0.3) is 0 Å². The number of hydrogen-bond donors (Lipinski definition) is 1. The molecule has 1 N–H and O–H groups in total. The summed E-state index contributed by atoms with van der Waals surface area (Å²) in [7, 11) is 2.17. The van der Waals surface area contributed by atoms with Crippen LogP contribution in [0, 0.1) is 17.8 Å². The molecule has 22 heavy (non-hydrogen) atoms. The molecule has 130 valence electrons. The highest BCUT2D eigenvalue weighted by Gasteiger charge is 2.35. The van der Waals surface area contributed by atoms with E-state index in [1.807, 2.05) is 0 Å². The molecule has 1 saturated carbocycles. The van der Waals surface area contributed by atoms with Crippen molar-refractivity contribution in [1.29, 1.82) is 0 Å². The molecule has 1 saturated heterocycles. The molecule has 4 nitrogen and oxygen atoms in total. The average molecular weight is 333 g/mol. The largest absolute Gasteiger partial charge is 1.00 e. The van der Waals surface area contributed by atoms with Gasteiger partial charge in [0.2, 0.25) is 0 Å². The van der Waals surface area contributed by atoms with Crippen LogP contribution in [0.5, 0.6) is 0 Å². The lowest BCUT2D eigenvalue weighted by molar-refractivity contribution is -0.904. The fraction of sp³-hybridized carbons (Fsp3) is 0.941. The third-order valence-corrected chi connectivity index (χ3v) is 5.41. The molecule has 2 fully saturated rings. The fourth-order valence-corrected chi connectivity index (χ4v) is 3.86. The number of esters is 1. The summed E-state index contributed by atoms with van der Waals surface area (Å²) in [5, 5.41) is 3.35. The Labute approximate surface area is 142 Å². The first-order valence-corrected chi connectivity index (χ1v) is 8.63. The summed E-state index contributed by atoms with van der Waals surface area (Å²) in [6, 6.07) is 0. The lowest BCUT2D eigenvalue weighted by Crippen LogP contribution is -3.00. The highest BCUT2D eigenvalue weighted by Crippen LogP contribution is 2.35. The van der Waals surface area contributed by atoms with Crippen LogP contribution < -0.4 is 17.7 Å². The Bertz CT molecular complexity index is 357. The van der Waals surface area contributed by atoms with Crippen LogP contribution >= 0.6 is 0 Å². The smallest absolute Gasteiger partial charge is 0.362 e. The molecule has 5 heteroatoms. The first-order valence-electron chi connectivity index (χ1n) is 8.63. The zero-order valence-electron chi connectivity index (χ0n) is 14.6. The van der Waals surface area contributed by atoms with Crippen LogP contribution in [0.25, 0.3) is 0 Å². The second-order valence-electron chi connectivity index (χ2n) is 7.83. The van der Waals surface area contributed by atoms with Crippen molar-refractivity contribution >= 4 is 5.97 Å². The first kappa shape index (κ1) is 19.7. The van der Waals surface area contributed by atoms with E-state index in [9.17, 15) is 4.79 Å². The van der Waals surface area contributed by atoms with Crippen LogP contribution in [0.1, 0.15) is 40.0 Å². The Morgan fingerprint density at radius 3 is 2.50 bits per heavy atom. The molecule has 1 aliphatic carbocycles. The van der Waals surface area contributed by atoms with E-state index >= 15 is 0 Å². The zero-order valence-corrected chi connectivity index (χ0v) is 15.4. The van der Waals surface area contributed by atoms with Gasteiger partial charge in [-0.05, 0) is 30.6 Å². The van der Waals surface area contributed by atoms with Crippen molar-refractivity contribution < 1.29 is 26.4 Å². The van der Waals surface area contributed by atoms with Crippen LogP contribution in [-0.4, -0.2) is 56.3 Å².